The zero-order valence-electron chi connectivity index (χ0n) is 11.7. The summed E-state index contributed by atoms with van der Waals surface area (Å²) in [4.78, 5) is 16.2. The lowest BCUT2D eigenvalue weighted by molar-refractivity contribution is 0.0466. The number of carbonyl (C=O) groups is 1. The molecule has 112 valence electrons. The van der Waals surface area contributed by atoms with Crippen LogP contribution in [0.4, 0.5) is 4.39 Å². The van der Waals surface area contributed by atoms with Crippen LogP contribution in [0.15, 0.2) is 46.4 Å². The smallest absolute Gasteiger partial charge is 0.342 e. The molecule has 0 saturated carbocycles. The van der Waals surface area contributed by atoms with E-state index in [0.29, 0.717) is 17.0 Å². The molecule has 3 aromatic rings. The van der Waals surface area contributed by atoms with Crippen molar-refractivity contribution in [3.63, 3.8) is 0 Å². The quantitative estimate of drug-likeness (QED) is 0.676. The normalized spacial score (nSPS) is 10.6. The average molecular weight is 317 g/mol. The first kappa shape index (κ1) is 14.5. The first-order valence-electron chi connectivity index (χ1n) is 6.55. The van der Waals surface area contributed by atoms with Crippen LogP contribution >= 0.6 is 11.3 Å². The molecule has 6 heteroatoms. The first-order valence-corrected chi connectivity index (χ1v) is 7.43. The number of hydrogen-bond acceptors (Lipinski definition) is 5. The molecule has 1 aromatic carbocycles. The molecule has 0 unspecified atom stereocenters. The lowest BCUT2D eigenvalue weighted by Gasteiger charge is -2.01. The minimum atomic E-state index is -0.442. The van der Waals surface area contributed by atoms with Gasteiger partial charge in [0.25, 0.3) is 0 Å². The Balaban J connectivity index is 1.66. The van der Waals surface area contributed by atoms with E-state index in [1.807, 2.05) is 5.38 Å². The lowest BCUT2D eigenvalue weighted by Crippen LogP contribution is -2.05. The molecule has 0 fully saturated rings. The molecule has 0 radical (unpaired) electrons. The minimum Gasteiger partial charge on any atom is -0.469 e. The number of halogens is 1. The van der Waals surface area contributed by atoms with Gasteiger partial charge in [-0.25, -0.2) is 14.2 Å². The number of aryl methyl sites for hydroxylation is 1. The van der Waals surface area contributed by atoms with Gasteiger partial charge in [0.1, 0.15) is 28.8 Å². The summed E-state index contributed by atoms with van der Waals surface area (Å²) in [6, 6.07) is 7.68. The molecule has 2 heterocycles. The van der Waals surface area contributed by atoms with Crippen molar-refractivity contribution in [3.05, 3.63) is 64.8 Å². The van der Waals surface area contributed by atoms with Gasteiger partial charge in [-0.2, -0.15) is 0 Å². The highest BCUT2D eigenvalue weighted by molar-refractivity contribution is 7.13. The van der Waals surface area contributed by atoms with Crippen LogP contribution in [0.25, 0.3) is 10.6 Å². The van der Waals surface area contributed by atoms with Crippen LogP contribution in [0.2, 0.25) is 0 Å². The Bertz CT molecular complexity index is 792. The monoisotopic (exact) mass is 317 g/mol. The van der Waals surface area contributed by atoms with Gasteiger partial charge in [0.05, 0.1) is 12.0 Å². The van der Waals surface area contributed by atoms with Crippen molar-refractivity contribution < 1.29 is 18.3 Å². The number of aromatic nitrogens is 1. The second-order valence-electron chi connectivity index (χ2n) is 4.62. The van der Waals surface area contributed by atoms with Crippen molar-refractivity contribution >= 4 is 17.3 Å². The fourth-order valence-corrected chi connectivity index (χ4v) is 2.72. The molecule has 0 saturated heterocycles. The summed E-state index contributed by atoms with van der Waals surface area (Å²) in [5.41, 5.74) is 1.89. The predicted molar refractivity (Wildman–Crippen MR) is 80.1 cm³/mol. The topological polar surface area (TPSA) is 52.3 Å². The highest BCUT2D eigenvalue weighted by atomic mass is 32.1. The molecule has 2 aromatic heterocycles. The SMILES string of the molecule is Cc1occc1C(=O)OCc1csc(-c2ccc(F)cc2)n1. The second-order valence-corrected chi connectivity index (χ2v) is 5.48. The number of hydrogen-bond donors (Lipinski definition) is 0. The van der Waals surface area contributed by atoms with Gasteiger partial charge in [-0.3, -0.25) is 0 Å². The number of esters is 1. The van der Waals surface area contributed by atoms with E-state index in [0.717, 1.165) is 10.6 Å². The van der Waals surface area contributed by atoms with Crippen LogP contribution in [-0.2, 0) is 11.3 Å². The summed E-state index contributed by atoms with van der Waals surface area (Å²) >= 11 is 1.42. The Hall–Kier alpha value is -2.47. The lowest BCUT2D eigenvalue weighted by atomic mass is 10.2. The first-order chi connectivity index (χ1) is 10.6. The zero-order valence-corrected chi connectivity index (χ0v) is 12.5. The molecule has 22 heavy (non-hydrogen) atoms. The molecule has 0 N–H and O–H groups in total. The van der Waals surface area contributed by atoms with Crippen LogP contribution in [0.1, 0.15) is 21.8 Å². The van der Waals surface area contributed by atoms with Crippen molar-refractivity contribution in [2.45, 2.75) is 13.5 Å². The van der Waals surface area contributed by atoms with Gasteiger partial charge in [0, 0.05) is 10.9 Å². The molecular weight excluding hydrogens is 305 g/mol. The Morgan fingerprint density at radius 1 is 1.32 bits per heavy atom. The van der Waals surface area contributed by atoms with Crippen molar-refractivity contribution in [2.24, 2.45) is 0 Å². The standard InChI is InChI=1S/C16H12FNO3S/c1-10-14(6-7-20-10)16(19)21-8-13-9-22-15(18-13)11-2-4-12(17)5-3-11/h2-7,9H,8H2,1H3. The van der Waals surface area contributed by atoms with Crippen LogP contribution in [-0.4, -0.2) is 11.0 Å². The Morgan fingerprint density at radius 3 is 2.77 bits per heavy atom. The number of benzene rings is 1. The van der Waals surface area contributed by atoms with Gasteiger partial charge < -0.3 is 9.15 Å². The maximum atomic E-state index is 12.9. The second kappa shape index (κ2) is 6.11. The van der Waals surface area contributed by atoms with Crippen molar-refractivity contribution in [1.82, 2.24) is 4.98 Å². The Morgan fingerprint density at radius 2 is 2.09 bits per heavy atom. The van der Waals surface area contributed by atoms with Gasteiger partial charge in [0.2, 0.25) is 0 Å². The zero-order chi connectivity index (χ0) is 15.5. The van der Waals surface area contributed by atoms with E-state index in [4.69, 9.17) is 9.15 Å². The van der Waals surface area contributed by atoms with Crippen LogP contribution in [0.5, 0.6) is 0 Å². The molecule has 4 nitrogen and oxygen atoms in total. The number of carbonyl (C=O) groups excluding carboxylic acids is 1. The van der Waals surface area contributed by atoms with E-state index in [9.17, 15) is 9.18 Å². The molecule has 3 rings (SSSR count). The number of thiazole rings is 1. The molecule has 0 aliphatic heterocycles. The van der Waals surface area contributed by atoms with Crippen LogP contribution in [0.3, 0.4) is 0 Å². The Labute approximate surface area is 130 Å². The van der Waals surface area contributed by atoms with Crippen LogP contribution < -0.4 is 0 Å². The summed E-state index contributed by atoms with van der Waals surface area (Å²) in [5, 5.41) is 2.57. The summed E-state index contributed by atoms with van der Waals surface area (Å²) < 4.78 is 23.2. The average Bonchev–Trinajstić information content (AvgIpc) is 3.14. The molecule has 0 aliphatic rings. The minimum absolute atomic E-state index is 0.0845. The molecular formula is C16H12FNO3S. The van der Waals surface area contributed by atoms with E-state index in [1.54, 1.807) is 25.1 Å². The van der Waals surface area contributed by atoms with Gasteiger partial charge in [-0.05, 0) is 37.3 Å². The maximum absolute atomic E-state index is 12.9. The number of nitrogens with zero attached hydrogens (tertiary/aromatic N) is 1. The highest BCUT2D eigenvalue weighted by Gasteiger charge is 2.14. The molecule has 0 spiro atoms. The summed E-state index contributed by atoms with van der Waals surface area (Å²) in [5.74, 6) is -0.206. The maximum Gasteiger partial charge on any atom is 0.342 e. The van der Waals surface area contributed by atoms with Crippen LogP contribution in [0, 0.1) is 12.7 Å². The number of furan rings is 1. The third kappa shape index (κ3) is 3.07. The van der Waals surface area contributed by atoms with E-state index < -0.39 is 5.97 Å². The van der Waals surface area contributed by atoms with Crippen molar-refractivity contribution in [3.8, 4) is 10.6 Å². The Kier molecular flexibility index (Phi) is 4.02. The fourth-order valence-electron chi connectivity index (χ4n) is 1.91. The van der Waals surface area contributed by atoms with E-state index in [-0.39, 0.29) is 12.4 Å². The van der Waals surface area contributed by atoms with Crippen molar-refractivity contribution in [2.75, 3.05) is 0 Å². The van der Waals surface area contributed by atoms with Gasteiger partial charge >= 0.3 is 5.97 Å². The molecule has 0 aliphatic carbocycles. The van der Waals surface area contributed by atoms with Gasteiger partial charge in [-0.15, -0.1) is 11.3 Å². The third-order valence-corrected chi connectivity index (χ3v) is 4.01. The molecule has 0 bridgehead atoms. The predicted octanol–water partition coefficient (Wildman–Crippen LogP) is 4.21. The number of ether oxygens (including phenoxy) is 1. The summed E-state index contributed by atoms with van der Waals surface area (Å²) in [7, 11) is 0. The summed E-state index contributed by atoms with van der Waals surface area (Å²) in [6.45, 7) is 1.78. The van der Waals surface area contributed by atoms with E-state index >= 15 is 0 Å². The van der Waals surface area contributed by atoms with Crippen molar-refractivity contribution in [1.29, 1.82) is 0 Å². The number of rotatable bonds is 4. The van der Waals surface area contributed by atoms with Gasteiger partial charge in [-0.1, -0.05) is 0 Å². The molecule has 0 atom stereocenters. The highest BCUT2D eigenvalue weighted by Crippen LogP contribution is 2.24. The van der Waals surface area contributed by atoms with Gasteiger partial charge in [0.15, 0.2) is 0 Å². The third-order valence-electron chi connectivity index (χ3n) is 3.07. The largest absolute Gasteiger partial charge is 0.469 e. The summed E-state index contributed by atoms with van der Waals surface area (Å²) in [6.07, 6.45) is 1.45. The van der Waals surface area contributed by atoms with E-state index in [2.05, 4.69) is 4.98 Å². The van der Waals surface area contributed by atoms with E-state index in [1.165, 1.54) is 29.7 Å². The molecule has 0 amide bonds. The fraction of sp³-hybridized carbons (Fsp3) is 0.125.